The Hall–Kier alpha value is -1.31. The van der Waals surface area contributed by atoms with Gasteiger partial charge in [-0.3, -0.25) is 4.99 Å². The van der Waals surface area contributed by atoms with Gasteiger partial charge in [0.05, 0.1) is 6.54 Å². The van der Waals surface area contributed by atoms with Crippen molar-refractivity contribution in [1.82, 2.24) is 0 Å². The van der Waals surface area contributed by atoms with E-state index in [1.54, 1.807) is 0 Å². The van der Waals surface area contributed by atoms with Gasteiger partial charge in [-0.2, -0.15) is 0 Å². The molecule has 1 rings (SSSR count). The van der Waals surface area contributed by atoms with E-state index >= 15 is 0 Å². The van der Waals surface area contributed by atoms with E-state index in [4.69, 9.17) is 5.73 Å². The van der Waals surface area contributed by atoms with Gasteiger partial charge in [0.25, 0.3) is 0 Å². The topological polar surface area (TPSA) is 38.4 Å². The van der Waals surface area contributed by atoms with Gasteiger partial charge in [-0.1, -0.05) is 24.3 Å². The molecule has 0 aromatic carbocycles. The number of nitrogens with two attached hydrogens (primary N) is 1. The fourth-order valence-electron chi connectivity index (χ4n) is 0.985. The van der Waals surface area contributed by atoms with E-state index in [-0.39, 0.29) is 0 Å². The molecule has 0 spiro atoms. The maximum atomic E-state index is 5.65. The van der Waals surface area contributed by atoms with Crippen molar-refractivity contribution < 1.29 is 0 Å². The van der Waals surface area contributed by atoms with Crippen molar-refractivity contribution in [3.05, 3.63) is 35.5 Å². The summed E-state index contributed by atoms with van der Waals surface area (Å²) in [5.41, 5.74) is 8.88. The first kappa shape index (κ1) is 8.78. The summed E-state index contributed by atoms with van der Waals surface area (Å²) >= 11 is 0. The van der Waals surface area contributed by atoms with E-state index < -0.39 is 0 Å². The predicted octanol–water partition coefficient (Wildman–Crippen LogP) is 1.81. The zero-order valence-corrected chi connectivity index (χ0v) is 7.59. The van der Waals surface area contributed by atoms with Gasteiger partial charge in [0.15, 0.2) is 0 Å². The van der Waals surface area contributed by atoms with E-state index in [0.29, 0.717) is 12.4 Å². The molecule has 0 aromatic rings. The molecule has 2 N–H and O–H groups in total. The molecule has 0 atom stereocenters. The third-order valence-corrected chi connectivity index (χ3v) is 1.68. The van der Waals surface area contributed by atoms with Crippen molar-refractivity contribution in [2.45, 2.75) is 13.8 Å². The number of hydrogen-bond acceptors (Lipinski definition) is 2. The van der Waals surface area contributed by atoms with Gasteiger partial charge in [0, 0.05) is 5.57 Å². The smallest absolute Gasteiger partial charge is 0.126 e. The summed E-state index contributed by atoms with van der Waals surface area (Å²) in [6.07, 6.45) is 4.00. The van der Waals surface area contributed by atoms with Gasteiger partial charge in [-0.05, 0) is 19.4 Å². The first-order valence-electron chi connectivity index (χ1n) is 3.95. The van der Waals surface area contributed by atoms with E-state index in [0.717, 1.165) is 11.1 Å². The van der Waals surface area contributed by atoms with Crippen molar-refractivity contribution in [2.24, 2.45) is 10.7 Å². The van der Waals surface area contributed by atoms with Crippen molar-refractivity contribution in [2.75, 3.05) is 6.54 Å². The molecule has 1 aliphatic heterocycles. The van der Waals surface area contributed by atoms with Gasteiger partial charge in [0.2, 0.25) is 0 Å². The molecule has 1 heterocycles. The van der Waals surface area contributed by atoms with E-state index in [2.05, 4.69) is 11.6 Å². The van der Waals surface area contributed by atoms with Gasteiger partial charge in [0.1, 0.15) is 5.84 Å². The zero-order valence-electron chi connectivity index (χ0n) is 7.59. The molecule has 12 heavy (non-hydrogen) atoms. The molecule has 0 aromatic heterocycles. The molecule has 0 bridgehead atoms. The summed E-state index contributed by atoms with van der Waals surface area (Å²) in [5.74, 6) is 0.609. The number of allylic oxidation sites excluding steroid dienone is 3. The Kier molecular flexibility index (Phi) is 2.48. The second-order valence-electron chi connectivity index (χ2n) is 3.13. The Morgan fingerprint density at radius 2 is 2.25 bits per heavy atom. The SMILES string of the molecule is C=C1CN=C(N)/C1=C/C=C(C)C. The van der Waals surface area contributed by atoms with Crippen LogP contribution in [0.2, 0.25) is 0 Å². The van der Waals surface area contributed by atoms with Crippen LogP contribution in [0.1, 0.15) is 13.8 Å². The normalized spacial score (nSPS) is 19.7. The summed E-state index contributed by atoms with van der Waals surface area (Å²) in [7, 11) is 0. The second-order valence-corrected chi connectivity index (χ2v) is 3.13. The Balaban J connectivity index is 2.87. The summed E-state index contributed by atoms with van der Waals surface area (Å²) in [6, 6.07) is 0. The van der Waals surface area contributed by atoms with Gasteiger partial charge in [-0.15, -0.1) is 0 Å². The summed E-state index contributed by atoms with van der Waals surface area (Å²) in [5, 5.41) is 0. The molecular formula is C10H14N2. The van der Waals surface area contributed by atoms with Crippen LogP contribution in [0.15, 0.2) is 40.4 Å². The number of nitrogens with zero attached hydrogens (tertiary/aromatic N) is 1. The molecule has 2 nitrogen and oxygen atoms in total. The van der Waals surface area contributed by atoms with Crippen molar-refractivity contribution in [3.8, 4) is 0 Å². The third-order valence-electron chi connectivity index (χ3n) is 1.68. The molecule has 0 saturated carbocycles. The lowest BCUT2D eigenvalue weighted by Gasteiger charge is -1.96. The minimum absolute atomic E-state index is 0.609. The maximum absolute atomic E-state index is 5.65. The number of hydrogen-bond donors (Lipinski definition) is 1. The van der Waals surface area contributed by atoms with Crippen LogP contribution in [0.25, 0.3) is 0 Å². The van der Waals surface area contributed by atoms with E-state index in [1.165, 1.54) is 5.57 Å². The van der Waals surface area contributed by atoms with Gasteiger partial charge in [-0.25, -0.2) is 0 Å². The largest absolute Gasteiger partial charge is 0.383 e. The molecule has 0 unspecified atom stereocenters. The molecule has 0 fully saturated rings. The van der Waals surface area contributed by atoms with Crippen molar-refractivity contribution in [1.29, 1.82) is 0 Å². The van der Waals surface area contributed by atoms with Crippen LogP contribution in [0.5, 0.6) is 0 Å². The lowest BCUT2D eigenvalue weighted by Crippen LogP contribution is -2.10. The lowest BCUT2D eigenvalue weighted by molar-refractivity contribution is 1.23. The Morgan fingerprint density at radius 1 is 1.58 bits per heavy atom. The Bertz CT molecular complexity index is 289. The highest BCUT2D eigenvalue weighted by Crippen LogP contribution is 2.15. The predicted molar refractivity (Wildman–Crippen MR) is 53.1 cm³/mol. The van der Waals surface area contributed by atoms with Crippen LogP contribution < -0.4 is 5.73 Å². The fraction of sp³-hybridized carbons (Fsp3) is 0.300. The molecule has 2 heteroatoms. The standard InChI is InChI=1S/C10H14N2/c1-7(2)4-5-9-8(3)6-12-10(9)11/h4-5H,3,6H2,1-2H3,(H2,11,12)/b9-5+. The summed E-state index contributed by atoms with van der Waals surface area (Å²) < 4.78 is 0. The second kappa shape index (κ2) is 3.39. The molecular weight excluding hydrogens is 148 g/mol. The van der Waals surface area contributed by atoms with E-state index in [1.807, 2.05) is 26.0 Å². The minimum atomic E-state index is 0.609. The number of rotatable bonds is 1. The van der Waals surface area contributed by atoms with E-state index in [9.17, 15) is 0 Å². The van der Waals surface area contributed by atoms with Crippen LogP contribution in [-0.2, 0) is 0 Å². The number of amidine groups is 1. The molecule has 0 saturated heterocycles. The molecule has 0 radical (unpaired) electrons. The van der Waals surface area contributed by atoms with Gasteiger partial charge >= 0.3 is 0 Å². The highest BCUT2D eigenvalue weighted by Gasteiger charge is 2.12. The summed E-state index contributed by atoms with van der Waals surface area (Å²) in [4.78, 5) is 4.07. The van der Waals surface area contributed by atoms with Crippen molar-refractivity contribution >= 4 is 5.84 Å². The van der Waals surface area contributed by atoms with Crippen LogP contribution in [0.4, 0.5) is 0 Å². The quantitative estimate of drug-likeness (QED) is 0.627. The lowest BCUT2D eigenvalue weighted by atomic mass is 10.1. The maximum Gasteiger partial charge on any atom is 0.126 e. The Morgan fingerprint density at radius 3 is 2.67 bits per heavy atom. The average Bonchev–Trinajstić information content (AvgIpc) is 2.28. The van der Waals surface area contributed by atoms with Crippen molar-refractivity contribution in [3.63, 3.8) is 0 Å². The molecule has 0 amide bonds. The average molecular weight is 162 g/mol. The van der Waals surface area contributed by atoms with Gasteiger partial charge < -0.3 is 5.73 Å². The van der Waals surface area contributed by atoms with Crippen LogP contribution in [0.3, 0.4) is 0 Å². The van der Waals surface area contributed by atoms with Crippen LogP contribution >= 0.6 is 0 Å². The molecule has 1 aliphatic rings. The highest BCUT2D eigenvalue weighted by molar-refractivity contribution is 6.03. The fourth-order valence-corrected chi connectivity index (χ4v) is 0.985. The zero-order chi connectivity index (χ0) is 9.14. The summed E-state index contributed by atoms with van der Waals surface area (Å²) in [6.45, 7) is 8.61. The highest BCUT2D eigenvalue weighted by atomic mass is 14.9. The first-order valence-corrected chi connectivity index (χ1v) is 3.95. The molecule has 0 aliphatic carbocycles. The first-order chi connectivity index (χ1) is 5.61. The molecule has 64 valence electrons. The Labute approximate surface area is 73.2 Å². The number of aliphatic imine (C=N–C) groups is 1. The van der Waals surface area contributed by atoms with Crippen LogP contribution in [-0.4, -0.2) is 12.4 Å². The monoisotopic (exact) mass is 162 g/mol. The van der Waals surface area contributed by atoms with Crippen LogP contribution in [0, 0.1) is 0 Å². The third kappa shape index (κ3) is 1.84. The minimum Gasteiger partial charge on any atom is -0.383 e.